The molecule has 0 aliphatic heterocycles. The Morgan fingerprint density at radius 2 is 1.61 bits per heavy atom. The number of carbonyl (C=O) groups excluding carboxylic acids is 1. The third-order valence-corrected chi connectivity index (χ3v) is 8.82. The number of halogens is 1. The lowest BCUT2D eigenvalue weighted by molar-refractivity contribution is 0.0486. The second-order valence-corrected chi connectivity index (χ2v) is 13.8. The van der Waals surface area contributed by atoms with Gasteiger partial charge in [0.05, 0.1) is 29.6 Å². The Balaban J connectivity index is 1.43. The number of carboxylic acid groups (broad SMARTS) is 1. The van der Waals surface area contributed by atoms with Crippen LogP contribution in [0.4, 0.5) is 22.2 Å². The average Bonchev–Trinajstić information content (AvgIpc) is 3.52. The Bertz CT molecular complexity index is 1570. The first-order valence-electron chi connectivity index (χ1n) is 18.5. The van der Waals surface area contributed by atoms with Crippen molar-refractivity contribution in [2.45, 2.75) is 124 Å². The molecular weight excluding hydrogens is 668 g/mol. The zero-order chi connectivity index (χ0) is 37.0. The number of aromatic nitrogens is 4. The number of nitrogens with one attached hydrogen (secondary N) is 2. The van der Waals surface area contributed by atoms with Crippen LogP contribution in [0.5, 0.6) is 0 Å². The highest BCUT2D eigenvalue weighted by Gasteiger charge is 2.21. The van der Waals surface area contributed by atoms with Crippen LogP contribution in [0.1, 0.15) is 128 Å². The van der Waals surface area contributed by atoms with Crippen molar-refractivity contribution < 1.29 is 24.2 Å². The van der Waals surface area contributed by atoms with Gasteiger partial charge < -0.3 is 29.8 Å². The fourth-order valence-corrected chi connectivity index (χ4v) is 5.62. The van der Waals surface area contributed by atoms with Gasteiger partial charge in [-0.3, -0.25) is 0 Å². The van der Waals surface area contributed by atoms with Gasteiger partial charge in [0.1, 0.15) is 6.61 Å². The molecule has 1 aromatic carbocycles. The summed E-state index contributed by atoms with van der Waals surface area (Å²) in [7, 11) is 0. The van der Waals surface area contributed by atoms with Crippen LogP contribution in [0.25, 0.3) is 11.2 Å². The molecule has 11 nitrogen and oxygen atoms in total. The molecule has 1 atom stereocenters. The summed E-state index contributed by atoms with van der Waals surface area (Å²) in [6.45, 7) is 10.7. The van der Waals surface area contributed by atoms with Crippen LogP contribution in [0.15, 0.2) is 48.8 Å². The summed E-state index contributed by atoms with van der Waals surface area (Å²) in [5.74, 6) is -0.311. The number of ether oxygens (including phenoxy) is 2. The van der Waals surface area contributed by atoms with Gasteiger partial charge in [0.2, 0.25) is 5.95 Å². The Kier molecular flexibility index (Phi) is 18.3. The van der Waals surface area contributed by atoms with E-state index in [9.17, 15) is 14.7 Å². The van der Waals surface area contributed by atoms with E-state index in [2.05, 4.69) is 51.8 Å². The molecule has 3 aromatic rings. The van der Waals surface area contributed by atoms with Crippen LogP contribution in [0.3, 0.4) is 0 Å². The molecule has 3 N–H and O–H groups in total. The van der Waals surface area contributed by atoms with Crippen LogP contribution in [-0.4, -0.2) is 56.0 Å². The fourth-order valence-electron chi connectivity index (χ4n) is 5.36. The van der Waals surface area contributed by atoms with Gasteiger partial charge in [-0.25, -0.2) is 14.6 Å². The van der Waals surface area contributed by atoms with E-state index < -0.39 is 12.1 Å². The Morgan fingerprint density at radius 1 is 0.922 bits per heavy atom. The topological polar surface area (TPSA) is 140 Å². The smallest absolute Gasteiger partial charge is 0.478 e. The van der Waals surface area contributed by atoms with Crippen molar-refractivity contribution in [3.8, 4) is 0 Å². The quantitative estimate of drug-likeness (QED) is 0.0464. The van der Waals surface area contributed by atoms with Gasteiger partial charge in [0.25, 0.3) is 0 Å². The first-order valence-corrected chi connectivity index (χ1v) is 18.9. The second-order valence-electron chi connectivity index (χ2n) is 13.4. The first kappa shape index (κ1) is 41.3. The third kappa shape index (κ3) is 14.6. The number of carbonyl (C=O) groups is 2. The van der Waals surface area contributed by atoms with Gasteiger partial charge in [0, 0.05) is 11.7 Å². The lowest BCUT2D eigenvalue weighted by Crippen LogP contribution is -2.33. The zero-order valence-electron chi connectivity index (χ0n) is 31.0. The molecular formula is C39H57ClN6O5. The highest BCUT2D eigenvalue weighted by Crippen LogP contribution is 2.29. The van der Waals surface area contributed by atoms with Crippen molar-refractivity contribution in [2.24, 2.45) is 5.92 Å². The van der Waals surface area contributed by atoms with E-state index in [1.54, 1.807) is 12.4 Å². The molecule has 280 valence electrons. The number of fused-ring (bicyclic) bond motifs is 1. The minimum absolute atomic E-state index is 0.00122. The number of imidazole rings is 1. The molecule has 2 aromatic heterocycles. The van der Waals surface area contributed by atoms with E-state index in [0.717, 1.165) is 32.1 Å². The molecule has 3 rings (SSSR count). The van der Waals surface area contributed by atoms with Crippen LogP contribution in [0, 0.1) is 5.92 Å². The highest BCUT2D eigenvalue weighted by molar-refractivity contribution is 6.33. The Morgan fingerprint density at radius 3 is 2.25 bits per heavy atom. The predicted molar refractivity (Wildman–Crippen MR) is 206 cm³/mol. The summed E-state index contributed by atoms with van der Waals surface area (Å²) in [4.78, 5) is 37.8. The van der Waals surface area contributed by atoms with E-state index in [1.807, 2.05) is 32.3 Å². The normalized spacial score (nSPS) is 12.4. The number of carboxylic acids is 1. The summed E-state index contributed by atoms with van der Waals surface area (Å²) in [5.41, 5.74) is 1.69. The molecule has 0 bridgehead atoms. The molecule has 0 aliphatic rings. The van der Waals surface area contributed by atoms with E-state index >= 15 is 0 Å². The summed E-state index contributed by atoms with van der Waals surface area (Å²) in [5, 5.41) is 16.0. The van der Waals surface area contributed by atoms with Crippen LogP contribution in [0.2, 0.25) is 5.02 Å². The standard InChI is InChI=1S/C39H57ClN6O5/c1-6-7-8-9-10-11-12-13-14-15-16-17-18-19-20-21-24-50-39(49)51-26-33(28(2)3)43-38-44-35(34-36(45-38)46(27-41-34)29(4)5)42-30-22-23-31(37(47)48)32(40)25-30/h10-11,13-14,22-23,25,27-29,33H,6-9,12,15-21,24,26H2,1-5H3,(H,47,48)(H2,42,43,44,45)/b11-10-,14-13-/t33-/m0/s1. The number of unbranched alkanes of at least 4 members (excludes halogenated alkanes) is 9. The third-order valence-electron chi connectivity index (χ3n) is 8.50. The number of benzene rings is 1. The van der Waals surface area contributed by atoms with Gasteiger partial charge in [-0.15, -0.1) is 0 Å². The van der Waals surface area contributed by atoms with Crippen molar-refractivity contribution in [1.29, 1.82) is 0 Å². The van der Waals surface area contributed by atoms with Gasteiger partial charge in [-0.1, -0.05) is 95.2 Å². The van der Waals surface area contributed by atoms with Crippen LogP contribution >= 0.6 is 11.6 Å². The summed E-state index contributed by atoms with van der Waals surface area (Å²) in [6.07, 6.45) is 23.9. The largest absolute Gasteiger partial charge is 0.508 e. The summed E-state index contributed by atoms with van der Waals surface area (Å²) in [6, 6.07) is 4.35. The molecule has 2 heterocycles. The van der Waals surface area contributed by atoms with Crippen LogP contribution < -0.4 is 10.6 Å². The van der Waals surface area contributed by atoms with Crippen molar-refractivity contribution in [1.82, 2.24) is 19.5 Å². The van der Waals surface area contributed by atoms with Crippen molar-refractivity contribution >= 4 is 52.3 Å². The molecule has 51 heavy (non-hydrogen) atoms. The summed E-state index contributed by atoms with van der Waals surface area (Å²) < 4.78 is 12.8. The van der Waals surface area contributed by atoms with Gasteiger partial charge >= 0.3 is 12.1 Å². The minimum Gasteiger partial charge on any atom is -0.478 e. The van der Waals surface area contributed by atoms with E-state index in [-0.39, 0.29) is 35.2 Å². The van der Waals surface area contributed by atoms with Gasteiger partial charge in [0.15, 0.2) is 17.0 Å². The molecule has 0 spiro atoms. The maximum absolute atomic E-state index is 12.4. The van der Waals surface area contributed by atoms with E-state index in [0.29, 0.717) is 35.2 Å². The minimum atomic E-state index is -1.11. The van der Waals surface area contributed by atoms with E-state index in [1.165, 1.54) is 57.1 Å². The van der Waals surface area contributed by atoms with Gasteiger partial charge in [-0.05, 0) is 76.5 Å². The second kappa shape index (κ2) is 22.6. The van der Waals surface area contributed by atoms with Crippen molar-refractivity contribution in [3.05, 3.63) is 59.4 Å². The average molecular weight is 725 g/mol. The number of nitrogens with zero attached hydrogens (tertiary/aromatic N) is 4. The monoisotopic (exact) mass is 724 g/mol. The van der Waals surface area contributed by atoms with Crippen molar-refractivity contribution in [3.63, 3.8) is 0 Å². The van der Waals surface area contributed by atoms with Crippen molar-refractivity contribution in [2.75, 3.05) is 23.8 Å². The molecule has 0 radical (unpaired) electrons. The molecule has 0 aliphatic carbocycles. The molecule has 0 saturated carbocycles. The number of anilines is 3. The maximum Gasteiger partial charge on any atom is 0.508 e. The Hall–Kier alpha value is -4.12. The maximum atomic E-state index is 12.4. The van der Waals surface area contributed by atoms with Crippen LogP contribution in [-0.2, 0) is 9.47 Å². The summed E-state index contributed by atoms with van der Waals surface area (Å²) >= 11 is 6.21. The fraction of sp³-hybridized carbons (Fsp3) is 0.564. The molecule has 0 fully saturated rings. The number of hydrogen-bond donors (Lipinski definition) is 3. The molecule has 0 unspecified atom stereocenters. The zero-order valence-corrected chi connectivity index (χ0v) is 31.8. The molecule has 12 heteroatoms. The number of rotatable bonds is 24. The molecule has 0 saturated heterocycles. The lowest BCUT2D eigenvalue weighted by atomic mass is 10.1. The first-order chi connectivity index (χ1) is 24.6. The molecule has 0 amide bonds. The predicted octanol–water partition coefficient (Wildman–Crippen LogP) is 10.9. The number of aromatic carboxylic acids is 1. The van der Waals surface area contributed by atoms with Gasteiger partial charge in [-0.2, -0.15) is 9.97 Å². The SMILES string of the molecule is CCCCC/C=C\C/C=C\CCCCCCCCOC(=O)OC[C@H](Nc1nc(Nc2ccc(C(=O)O)c(Cl)c2)c2ncn(C(C)C)c2n1)C(C)C. The number of hydrogen-bond acceptors (Lipinski definition) is 9. The lowest BCUT2D eigenvalue weighted by Gasteiger charge is -2.22. The highest BCUT2D eigenvalue weighted by atomic mass is 35.5. The number of allylic oxidation sites excluding steroid dienone is 4. The Labute approximate surface area is 308 Å². The van der Waals surface area contributed by atoms with E-state index in [4.69, 9.17) is 26.1 Å².